The number of hydrogen-bond acceptors (Lipinski definition) is 20. The summed E-state index contributed by atoms with van der Waals surface area (Å²) in [4.78, 5) is 71.1. The molecule has 0 spiro atoms. The molecule has 3 aliphatic rings. The first kappa shape index (κ1) is 73.3. The molecule has 4 aromatic heterocycles. The number of nitrogens with zero attached hydrogens (tertiary/aromatic N) is 8. The molecule has 2 aliphatic carbocycles. The van der Waals surface area contributed by atoms with Crippen molar-refractivity contribution in [2.45, 2.75) is 75.1 Å². The quantitative estimate of drug-likeness (QED) is 0.0163. The maximum absolute atomic E-state index is 14.1. The van der Waals surface area contributed by atoms with Gasteiger partial charge in [0.25, 0.3) is 11.5 Å². The van der Waals surface area contributed by atoms with E-state index in [9.17, 15) is 14.4 Å². The molecule has 5 heterocycles. The Morgan fingerprint density at radius 1 is 0.664 bits per heavy atom. The standard InChI is InChI=1S/C80H80N11O14PS/c1-49(2)73(92)88-77-87-72-65(75(94)89-77)85-48-91(72)76-68(104-80(53-23-17-12-18-24-53,56-29-37-60(97-7)38-30-56)57-31-39-61(98-8)40-32-57)67(99-9)63(103-76)44-102-106(107,101-42-41-81-4)105-69-50(3)66(90-47-84-64-70(82-46-83-71(64)90)86-74(93)51-19-13-10-14-20-51)62-43-78(62,69)45-100-79(52-21-15-11-16-22-52,54-25-33-58(95-5)34-26-54)55-27-35-59(96-6)36-28-55/h10-40,46-50,62-63,66-69,76H,41-45H2,1-3,5-9H3,(H,82,83,86,93)(H2,87,88,89,92,94)/t50-,62+,63+,66-,67+,68+,69-,76+,78-,106?/m0/s1. The molecule has 3 fully saturated rings. The zero-order valence-electron chi connectivity index (χ0n) is 60.0. The Bertz CT molecular complexity index is 5020. The van der Waals surface area contributed by atoms with Crippen LogP contribution in [0.3, 0.4) is 0 Å². The van der Waals surface area contributed by atoms with E-state index >= 15 is 0 Å². The van der Waals surface area contributed by atoms with Crippen LogP contribution in [0.1, 0.15) is 83.2 Å². The van der Waals surface area contributed by atoms with Crippen LogP contribution in [-0.4, -0.2) is 137 Å². The van der Waals surface area contributed by atoms with Crippen molar-refractivity contribution < 1.29 is 61.1 Å². The lowest BCUT2D eigenvalue weighted by atomic mass is 9.79. The first-order chi connectivity index (χ1) is 52.0. The molecule has 2 saturated carbocycles. The molecule has 3 N–H and O–H groups in total. The van der Waals surface area contributed by atoms with Gasteiger partial charge in [-0.3, -0.25) is 29.3 Å². The summed E-state index contributed by atoms with van der Waals surface area (Å²) in [7, 11) is 7.98. The first-order valence-electron chi connectivity index (χ1n) is 34.9. The third kappa shape index (κ3) is 14.1. The minimum atomic E-state index is -4.12. The highest BCUT2D eigenvalue weighted by atomic mass is 32.5. The number of rotatable bonds is 30. The van der Waals surface area contributed by atoms with Crippen molar-refractivity contribution in [3.63, 3.8) is 0 Å². The number of benzene rings is 7. The second-order valence-corrected chi connectivity index (χ2v) is 29.7. The van der Waals surface area contributed by atoms with Gasteiger partial charge in [0.1, 0.15) is 65.4 Å². The number of imidazole rings is 2. The minimum Gasteiger partial charge on any atom is -0.497 e. The molecular formula is C80H80N11O14PS. The van der Waals surface area contributed by atoms with Crippen molar-refractivity contribution in [2.24, 2.45) is 23.2 Å². The van der Waals surface area contributed by atoms with Crippen molar-refractivity contribution in [3.05, 3.63) is 268 Å². The van der Waals surface area contributed by atoms with Gasteiger partial charge in [0.05, 0.1) is 60.4 Å². The fourth-order valence-electron chi connectivity index (χ4n) is 15.1. The van der Waals surface area contributed by atoms with E-state index in [0.29, 0.717) is 62.8 Å². The van der Waals surface area contributed by atoms with E-state index in [2.05, 4.69) is 37.4 Å². The van der Waals surface area contributed by atoms with Gasteiger partial charge in [-0.25, -0.2) is 26.5 Å². The van der Waals surface area contributed by atoms with E-state index in [-0.39, 0.29) is 67.0 Å². The predicted molar refractivity (Wildman–Crippen MR) is 403 cm³/mol. The van der Waals surface area contributed by atoms with Crippen molar-refractivity contribution in [1.29, 1.82) is 0 Å². The van der Waals surface area contributed by atoms with Gasteiger partial charge < -0.3 is 66.2 Å². The molecule has 10 atom stereocenters. The van der Waals surface area contributed by atoms with E-state index in [1.165, 1.54) is 19.8 Å². The number of anilines is 2. The van der Waals surface area contributed by atoms with Crippen LogP contribution in [0.5, 0.6) is 23.0 Å². The lowest BCUT2D eigenvalue weighted by molar-refractivity contribution is -0.126. The summed E-state index contributed by atoms with van der Waals surface area (Å²) >= 11 is 6.74. The number of fused-ring (bicyclic) bond motifs is 3. The van der Waals surface area contributed by atoms with E-state index in [4.69, 9.17) is 84.8 Å². The number of hydrogen-bond donors (Lipinski definition) is 3. The van der Waals surface area contributed by atoms with Gasteiger partial charge in [0.2, 0.25) is 18.4 Å². The monoisotopic (exact) mass is 1480 g/mol. The highest BCUT2D eigenvalue weighted by Gasteiger charge is 2.73. The lowest BCUT2D eigenvalue weighted by Crippen LogP contribution is -2.45. The van der Waals surface area contributed by atoms with Crippen molar-refractivity contribution in [2.75, 3.05) is 72.5 Å². The molecule has 27 heteroatoms. The zero-order chi connectivity index (χ0) is 74.6. The molecule has 2 amide bonds. The summed E-state index contributed by atoms with van der Waals surface area (Å²) in [6.07, 6.45) is -0.279. The molecule has 25 nitrogen and oxygen atoms in total. The Morgan fingerprint density at radius 2 is 1.19 bits per heavy atom. The van der Waals surface area contributed by atoms with E-state index in [1.807, 2.05) is 168 Å². The van der Waals surface area contributed by atoms with Crippen LogP contribution in [-0.2, 0) is 60.3 Å². The highest BCUT2D eigenvalue weighted by Crippen LogP contribution is 2.74. The van der Waals surface area contributed by atoms with Crippen LogP contribution >= 0.6 is 6.72 Å². The molecular weight excluding hydrogens is 1400 g/mol. The van der Waals surface area contributed by atoms with Gasteiger partial charge in [-0.2, -0.15) is 4.98 Å². The highest BCUT2D eigenvalue weighted by molar-refractivity contribution is 8.07. The van der Waals surface area contributed by atoms with Crippen LogP contribution in [0.2, 0.25) is 0 Å². The topological polar surface area (TPSA) is 271 Å². The molecule has 14 rings (SSSR count). The Hall–Kier alpha value is -10.6. The Morgan fingerprint density at radius 3 is 1.73 bits per heavy atom. The van der Waals surface area contributed by atoms with Crippen molar-refractivity contribution >= 4 is 64.4 Å². The summed E-state index contributed by atoms with van der Waals surface area (Å²) in [5.41, 5.74) is 1.57. The molecule has 7 aromatic carbocycles. The number of methoxy groups -OCH3 is 5. The molecule has 11 aromatic rings. The van der Waals surface area contributed by atoms with Crippen LogP contribution in [0.15, 0.2) is 212 Å². The summed E-state index contributed by atoms with van der Waals surface area (Å²) < 4.78 is 77.7. The first-order valence-corrected chi connectivity index (χ1v) is 37.5. The molecule has 1 aliphatic heterocycles. The lowest BCUT2D eigenvalue weighted by Gasteiger charge is -2.40. The van der Waals surface area contributed by atoms with Crippen molar-refractivity contribution in [3.8, 4) is 23.0 Å². The fraction of sp³-hybridized carbons (Fsp3) is 0.312. The predicted octanol–water partition coefficient (Wildman–Crippen LogP) is 12.9. The number of aromatic nitrogens is 8. The normalized spacial score (nSPS) is 21.0. The fourth-order valence-corrected chi connectivity index (χ4v) is 17.3. The number of ether oxygens (including phenoxy) is 8. The molecule has 1 saturated heterocycles. The number of H-pyrrole nitrogens is 1. The average molecular weight is 1480 g/mol. The SMILES string of the molecule is [C-]#[N+]CCOP(=S)(OC[C@H]1O[C@@H](n2cnc3c(=O)[nH]c(NC(=O)C(C)C)nc32)[C@H](OC(c2ccccc2)(c2ccc(OC)cc2)c2ccc(OC)cc2)[C@@H]1OC)O[C@H]1[C@@H](C)[C@H](n2cnc3c(NC(=O)c4ccccc4)ncnc32)[C@H]2C[C@]21COC(c1ccccc1)(c1ccc(OC)cc1)c1ccc(OC)cc1. The average Bonchev–Trinajstić information content (AvgIpc) is 1.51. The summed E-state index contributed by atoms with van der Waals surface area (Å²) in [6, 6.07) is 59.0. The molecule has 1 unspecified atom stereocenters. The van der Waals surface area contributed by atoms with Gasteiger partial charge in [-0.15, -0.1) is 0 Å². The van der Waals surface area contributed by atoms with E-state index in [1.54, 1.807) is 77.4 Å². The number of carbonyl (C=O) groups is 2. The maximum Gasteiger partial charge on any atom is 0.327 e. The molecule has 107 heavy (non-hydrogen) atoms. The summed E-state index contributed by atoms with van der Waals surface area (Å²) in [5, 5.41) is 5.71. The number of amides is 2. The zero-order valence-corrected chi connectivity index (χ0v) is 61.7. The summed E-state index contributed by atoms with van der Waals surface area (Å²) in [6.45, 7) is 8.84. The van der Waals surface area contributed by atoms with Crippen LogP contribution in [0, 0.1) is 29.7 Å². The Kier molecular flexibility index (Phi) is 21.3. The molecule has 0 radical (unpaired) electrons. The van der Waals surface area contributed by atoms with Gasteiger partial charge >= 0.3 is 6.72 Å². The Labute approximate surface area is 622 Å². The number of aromatic amines is 1. The largest absolute Gasteiger partial charge is 0.497 e. The van der Waals surface area contributed by atoms with Crippen LogP contribution < -0.4 is 35.1 Å². The number of carbonyl (C=O) groups excluding carboxylic acids is 2. The third-order valence-electron chi connectivity index (χ3n) is 20.5. The van der Waals surface area contributed by atoms with Crippen molar-refractivity contribution in [1.82, 2.24) is 39.0 Å². The van der Waals surface area contributed by atoms with Gasteiger partial charge in [-0.05, 0) is 118 Å². The molecule has 550 valence electrons. The van der Waals surface area contributed by atoms with E-state index in [0.717, 1.165) is 16.7 Å². The second-order valence-electron chi connectivity index (χ2n) is 26.8. The van der Waals surface area contributed by atoms with Gasteiger partial charge in [0.15, 0.2) is 34.4 Å². The second kappa shape index (κ2) is 31.1. The van der Waals surface area contributed by atoms with Gasteiger partial charge in [0, 0.05) is 36.0 Å². The maximum atomic E-state index is 14.1. The minimum absolute atomic E-state index is 0.0507. The third-order valence-corrected chi connectivity index (χ3v) is 22.8. The smallest absolute Gasteiger partial charge is 0.327 e. The summed E-state index contributed by atoms with van der Waals surface area (Å²) in [5.74, 6) is 0.766. The van der Waals surface area contributed by atoms with Gasteiger partial charge in [-0.1, -0.05) is 148 Å². The van der Waals surface area contributed by atoms with Crippen LogP contribution in [0.25, 0.3) is 27.2 Å². The Balaban J connectivity index is 0.881. The number of nitrogens with one attached hydrogen (secondary N) is 3. The molecule has 0 bridgehead atoms. The van der Waals surface area contributed by atoms with Crippen LogP contribution in [0.4, 0.5) is 11.8 Å². The van der Waals surface area contributed by atoms with E-state index < -0.39 is 77.4 Å².